The highest BCUT2D eigenvalue weighted by atomic mass is 35.5. The predicted octanol–water partition coefficient (Wildman–Crippen LogP) is 2.17. The Morgan fingerprint density at radius 2 is 1.96 bits per heavy atom. The molecule has 4 aliphatic rings. The molecule has 0 spiro atoms. The molecule has 2 atom stereocenters. The van der Waals surface area contributed by atoms with Gasteiger partial charge in [0.05, 0.1) is 35.8 Å². The second-order valence-electron chi connectivity index (χ2n) is 13.7. The SMILES string of the molecule is CC(=O)OC1=C(C[N+]23CCCC2(CNC(=O)c2ccc(O)c(O)c2Cl)CCC3)CS[C@@H]2[C@H](NC(=O)/C(=N\OC(C)(C)OC=O)c3csc(N)n3)C(=O)N12. The van der Waals surface area contributed by atoms with Gasteiger partial charge < -0.3 is 45.4 Å². The number of nitrogens with zero attached hydrogens (tertiary/aromatic N) is 4. The Morgan fingerprint density at radius 1 is 1.25 bits per heavy atom. The van der Waals surface area contributed by atoms with Crippen molar-refractivity contribution in [1.29, 1.82) is 0 Å². The molecule has 1 aromatic carbocycles. The van der Waals surface area contributed by atoms with Crippen LogP contribution >= 0.6 is 34.7 Å². The summed E-state index contributed by atoms with van der Waals surface area (Å²) in [6, 6.07) is 1.55. The van der Waals surface area contributed by atoms with Crippen molar-refractivity contribution in [1.82, 2.24) is 20.5 Å². The molecule has 284 valence electrons. The van der Waals surface area contributed by atoms with Gasteiger partial charge in [0.2, 0.25) is 5.88 Å². The number of carbonyl (C=O) groups is 5. The highest BCUT2D eigenvalue weighted by Crippen LogP contribution is 2.49. The number of nitrogens with two attached hydrogens (primary N) is 1. The van der Waals surface area contributed by atoms with Gasteiger partial charge in [0.1, 0.15) is 29.2 Å². The van der Waals surface area contributed by atoms with Crippen LogP contribution in [-0.4, -0.2) is 115 Å². The maximum atomic E-state index is 13.8. The zero-order valence-corrected chi connectivity index (χ0v) is 31.4. The number of thiazole rings is 1. The van der Waals surface area contributed by atoms with Crippen molar-refractivity contribution in [2.75, 3.05) is 37.7 Å². The predicted molar refractivity (Wildman–Crippen MR) is 192 cm³/mol. The van der Waals surface area contributed by atoms with Gasteiger partial charge in [-0.2, -0.15) is 0 Å². The van der Waals surface area contributed by atoms with E-state index in [9.17, 15) is 34.2 Å². The lowest BCUT2D eigenvalue weighted by molar-refractivity contribution is -0.946. The molecule has 20 heteroatoms. The standard InChI is InChI=1S/C33H38ClN7O10S2/c1-17(43)50-29-18(12-41-10-4-8-33(41,9-5-11-41)15-36-26(46)19-6-7-21(44)25(45)22(19)34)13-52-30-24(28(48)40(29)30)38-27(47)23(20-14-53-31(35)37-20)39-51-32(2,3)49-16-42/h6-7,14,16,24,30H,4-5,8-13,15H2,1-3H3,(H5-,35,36,37,38,39,44,45,46,47)/p+1/t24-,30-,33?,41?/m1/s1. The van der Waals surface area contributed by atoms with Crippen molar-refractivity contribution >= 4 is 75.7 Å². The lowest BCUT2D eigenvalue weighted by atomic mass is 9.92. The molecule has 17 nitrogen and oxygen atoms in total. The van der Waals surface area contributed by atoms with E-state index in [2.05, 4.69) is 20.8 Å². The summed E-state index contributed by atoms with van der Waals surface area (Å²) in [6.07, 6.45) is 3.47. The monoisotopic (exact) mass is 792 g/mol. The van der Waals surface area contributed by atoms with Crippen LogP contribution in [0, 0.1) is 0 Å². The van der Waals surface area contributed by atoms with Gasteiger partial charge in [0.25, 0.3) is 30.0 Å². The Labute approximate surface area is 317 Å². The van der Waals surface area contributed by atoms with Crippen LogP contribution in [0.1, 0.15) is 62.5 Å². The quantitative estimate of drug-likeness (QED) is 0.0287. The molecule has 4 aliphatic heterocycles. The molecule has 6 N–H and O–H groups in total. The maximum Gasteiger partial charge on any atom is 0.309 e. The number of halogens is 1. The largest absolute Gasteiger partial charge is 0.504 e. The molecule has 2 aromatic rings. The van der Waals surface area contributed by atoms with Gasteiger partial charge in [0.15, 0.2) is 22.3 Å². The number of anilines is 1. The van der Waals surface area contributed by atoms with Crippen molar-refractivity contribution in [2.45, 2.75) is 69.2 Å². The van der Waals surface area contributed by atoms with E-state index in [4.69, 9.17) is 31.6 Å². The van der Waals surface area contributed by atoms with E-state index in [1.807, 2.05) is 0 Å². The van der Waals surface area contributed by atoms with Gasteiger partial charge in [-0.3, -0.25) is 28.9 Å². The Balaban J connectivity index is 1.21. The molecule has 0 saturated carbocycles. The third-order valence-corrected chi connectivity index (χ3v) is 12.5. The fourth-order valence-corrected chi connectivity index (χ4v) is 9.69. The number of β-lactam (4-membered cyclic amide) rings is 1. The number of nitrogens with one attached hydrogen (secondary N) is 2. The number of rotatable bonds is 13. The van der Waals surface area contributed by atoms with Crippen molar-refractivity contribution in [3.05, 3.63) is 45.2 Å². The molecule has 0 radical (unpaired) electrons. The lowest BCUT2D eigenvalue weighted by Crippen LogP contribution is -2.71. The molecule has 6 rings (SSSR count). The number of benzene rings is 1. The van der Waals surface area contributed by atoms with Gasteiger partial charge in [-0.05, 0) is 12.1 Å². The van der Waals surface area contributed by atoms with Crippen LogP contribution in [0.3, 0.4) is 0 Å². The van der Waals surface area contributed by atoms with E-state index in [1.165, 1.54) is 54.9 Å². The first kappa shape index (κ1) is 38.1. The zero-order chi connectivity index (χ0) is 38.3. The van der Waals surface area contributed by atoms with Gasteiger partial charge in [0, 0.05) is 57.6 Å². The minimum atomic E-state index is -1.51. The first-order chi connectivity index (χ1) is 25.1. The van der Waals surface area contributed by atoms with Crippen LogP contribution in [0.15, 0.2) is 34.1 Å². The molecule has 53 heavy (non-hydrogen) atoms. The van der Waals surface area contributed by atoms with Gasteiger partial charge in [-0.25, -0.2) is 4.98 Å². The fraction of sp³-hybridized carbons (Fsp3) is 0.485. The number of hydrogen-bond donors (Lipinski definition) is 5. The second kappa shape index (κ2) is 14.7. The summed E-state index contributed by atoms with van der Waals surface area (Å²) in [7, 11) is 0. The maximum absolute atomic E-state index is 13.8. The lowest BCUT2D eigenvalue weighted by Gasteiger charge is -2.51. The van der Waals surface area contributed by atoms with Gasteiger partial charge >= 0.3 is 5.97 Å². The normalized spacial score (nSPS) is 25.2. The number of aromatic nitrogens is 1. The molecule has 0 aliphatic carbocycles. The molecule has 5 heterocycles. The number of thioether (sulfide) groups is 1. The minimum Gasteiger partial charge on any atom is -0.504 e. The summed E-state index contributed by atoms with van der Waals surface area (Å²) < 4.78 is 11.2. The van der Waals surface area contributed by atoms with Crippen molar-refractivity contribution in [3.8, 4) is 11.5 Å². The number of phenols is 2. The number of phenolic OH excluding ortho intramolecular Hbond substituents is 2. The van der Waals surface area contributed by atoms with E-state index < -0.39 is 52.4 Å². The van der Waals surface area contributed by atoms with E-state index >= 15 is 0 Å². The summed E-state index contributed by atoms with van der Waals surface area (Å²) in [5.74, 6) is -4.34. The van der Waals surface area contributed by atoms with E-state index in [-0.39, 0.29) is 45.0 Å². The van der Waals surface area contributed by atoms with Crippen molar-refractivity contribution in [2.24, 2.45) is 5.16 Å². The molecular weight excluding hydrogens is 754 g/mol. The van der Waals surface area contributed by atoms with Crippen LogP contribution in [0.2, 0.25) is 5.02 Å². The summed E-state index contributed by atoms with van der Waals surface area (Å²) in [4.78, 5) is 74.6. The number of ether oxygens (including phenoxy) is 2. The highest BCUT2D eigenvalue weighted by Gasteiger charge is 2.60. The summed E-state index contributed by atoms with van der Waals surface area (Å²) in [5, 5.41) is 30.2. The van der Waals surface area contributed by atoms with E-state index in [0.717, 1.165) is 55.7 Å². The Morgan fingerprint density at radius 3 is 2.60 bits per heavy atom. The third-order valence-electron chi connectivity index (χ3n) is 10.1. The average molecular weight is 793 g/mol. The minimum absolute atomic E-state index is 0.0392. The van der Waals surface area contributed by atoms with Crippen LogP contribution in [0.25, 0.3) is 0 Å². The average Bonchev–Trinajstić information content (AvgIpc) is 3.78. The number of nitrogen functional groups attached to an aromatic ring is 1. The smallest absolute Gasteiger partial charge is 0.309 e. The molecule has 1 aromatic heterocycles. The molecular formula is C33H39ClN7O10S2+. The number of fused-ring (bicyclic) bond motifs is 2. The fourth-order valence-electron chi connectivity index (χ4n) is 7.59. The van der Waals surface area contributed by atoms with Gasteiger partial charge in [-0.15, -0.1) is 23.1 Å². The summed E-state index contributed by atoms with van der Waals surface area (Å²) in [6.45, 7) is 6.69. The van der Waals surface area contributed by atoms with Crippen LogP contribution in [0.5, 0.6) is 11.5 Å². The van der Waals surface area contributed by atoms with Crippen LogP contribution in [-0.2, 0) is 33.5 Å². The highest BCUT2D eigenvalue weighted by molar-refractivity contribution is 8.00. The van der Waals surface area contributed by atoms with Crippen molar-refractivity contribution < 1.29 is 53.0 Å². The Hall–Kier alpha value is -4.59. The van der Waals surface area contributed by atoms with Gasteiger partial charge in [-0.1, -0.05) is 16.8 Å². The number of quaternary nitrogens is 1. The number of aromatic hydroxyl groups is 2. The van der Waals surface area contributed by atoms with Crippen LogP contribution in [0.4, 0.5) is 5.13 Å². The second-order valence-corrected chi connectivity index (χ2v) is 16.1. The summed E-state index contributed by atoms with van der Waals surface area (Å²) >= 11 is 8.64. The first-order valence-corrected chi connectivity index (χ1v) is 19.0. The molecule has 3 amide bonds. The molecule has 0 bridgehead atoms. The zero-order valence-electron chi connectivity index (χ0n) is 29.0. The number of esters is 1. The molecule has 3 saturated heterocycles. The third kappa shape index (κ3) is 7.21. The number of carbonyl (C=O) groups excluding carboxylic acids is 5. The van der Waals surface area contributed by atoms with Crippen molar-refractivity contribution in [3.63, 3.8) is 0 Å². The number of amides is 3. The molecule has 3 fully saturated rings. The number of hydrogen-bond acceptors (Lipinski definition) is 15. The first-order valence-electron chi connectivity index (χ1n) is 16.7. The van der Waals surface area contributed by atoms with E-state index in [1.54, 1.807) is 0 Å². The van der Waals surface area contributed by atoms with E-state index in [0.29, 0.717) is 23.3 Å². The summed E-state index contributed by atoms with van der Waals surface area (Å²) in [5.41, 5.74) is 6.04. The topological polar surface area (TPSA) is 232 Å². The molecule has 0 unspecified atom stereocenters. The number of oxime groups is 1. The van der Waals surface area contributed by atoms with Crippen LogP contribution < -0.4 is 16.4 Å². The Bertz CT molecular complexity index is 1910. The Kier molecular flexibility index (Phi) is 10.6.